The van der Waals surface area contributed by atoms with E-state index in [0.717, 1.165) is 25.6 Å². The van der Waals surface area contributed by atoms with Crippen molar-refractivity contribution in [3.8, 4) is 0 Å². The van der Waals surface area contributed by atoms with E-state index < -0.39 is 16.8 Å². The van der Waals surface area contributed by atoms with Crippen LogP contribution in [0.5, 0.6) is 0 Å². The quantitative estimate of drug-likeness (QED) is 0.923. The van der Waals surface area contributed by atoms with Gasteiger partial charge < -0.3 is 5.11 Å². The van der Waals surface area contributed by atoms with Gasteiger partial charge in [-0.3, -0.25) is 4.21 Å². The van der Waals surface area contributed by atoms with E-state index in [2.05, 4.69) is 15.9 Å². The second-order valence-electron chi connectivity index (χ2n) is 3.52. The molecule has 0 fully saturated rings. The minimum absolute atomic E-state index is 0.274. The van der Waals surface area contributed by atoms with Crippen molar-refractivity contribution in [3.63, 3.8) is 0 Å². The first kappa shape index (κ1) is 13.5. The summed E-state index contributed by atoms with van der Waals surface area (Å²) in [7, 11) is -1.16. The fourth-order valence-corrected chi connectivity index (χ4v) is 4.15. The van der Waals surface area contributed by atoms with Gasteiger partial charge in [-0.25, -0.2) is 4.79 Å². The molecule has 1 N–H and O–H groups in total. The maximum Gasteiger partial charge on any atom is 0.345 e. The number of benzene rings is 1. The molecule has 2 rings (SSSR count). The zero-order valence-electron chi connectivity index (χ0n) is 9.13. The Balaban J connectivity index is 2.13. The Kier molecular flexibility index (Phi) is 4.31. The molecule has 0 aliphatic carbocycles. The normalized spacial score (nSPS) is 12.3. The first-order chi connectivity index (χ1) is 8.56. The van der Waals surface area contributed by atoms with Crippen LogP contribution in [-0.2, 0) is 16.6 Å². The monoisotopic (exact) mass is 344 g/mol. The van der Waals surface area contributed by atoms with Crippen molar-refractivity contribution in [2.45, 2.75) is 10.6 Å². The fraction of sp³-hybridized carbons (Fsp3) is 0.0833. The van der Waals surface area contributed by atoms with E-state index in [9.17, 15) is 9.00 Å². The number of rotatable bonds is 4. The molecule has 94 valence electrons. The molecule has 1 atom stereocenters. The van der Waals surface area contributed by atoms with Gasteiger partial charge in [-0.2, -0.15) is 0 Å². The lowest BCUT2D eigenvalue weighted by Crippen LogP contribution is -1.94. The first-order valence-corrected chi connectivity index (χ1v) is 7.95. The molecule has 3 nitrogen and oxygen atoms in total. The van der Waals surface area contributed by atoms with E-state index in [-0.39, 0.29) is 4.88 Å². The van der Waals surface area contributed by atoms with Crippen LogP contribution in [0.1, 0.15) is 14.5 Å². The Labute approximate surface area is 119 Å². The molecule has 1 heterocycles. The molecule has 0 amide bonds. The fourth-order valence-electron chi connectivity index (χ4n) is 1.39. The Bertz CT molecular complexity index is 607. The number of carboxylic acid groups (broad SMARTS) is 1. The Morgan fingerprint density at radius 3 is 2.72 bits per heavy atom. The Hall–Kier alpha value is -0.980. The molecule has 0 saturated heterocycles. The number of thiophene rings is 1. The predicted octanol–water partition coefficient (Wildman–Crippen LogP) is 3.52. The number of halogens is 1. The van der Waals surface area contributed by atoms with Crippen molar-refractivity contribution in [2.24, 2.45) is 0 Å². The largest absolute Gasteiger partial charge is 0.477 e. The lowest BCUT2D eigenvalue weighted by molar-refractivity contribution is 0.0702. The molecule has 6 heteroatoms. The third kappa shape index (κ3) is 3.28. The van der Waals surface area contributed by atoms with Crippen LogP contribution in [0.25, 0.3) is 0 Å². The van der Waals surface area contributed by atoms with Crippen molar-refractivity contribution in [2.75, 3.05) is 0 Å². The zero-order valence-corrected chi connectivity index (χ0v) is 12.3. The molecule has 0 radical (unpaired) electrons. The van der Waals surface area contributed by atoms with E-state index >= 15 is 0 Å². The summed E-state index contributed by atoms with van der Waals surface area (Å²) in [4.78, 5) is 12.6. The molecule has 2 aromatic rings. The van der Waals surface area contributed by atoms with Crippen molar-refractivity contribution >= 4 is 44.0 Å². The van der Waals surface area contributed by atoms with Crippen LogP contribution < -0.4 is 0 Å². The van der Waals surface area contributed by atoms with Gasteiger partial charge in [0.1, 0.15) is 4.88 Å². The topological polar surface area (TPSA) is 54.4 Å². The molecule has 0 spiro atoms. The van der Waals surface area contributed by atoms with Crippen LogP contribution in [0.4, 0.5) is 0 Å². The van der Waals surface area contributed by atoms with Crippen LogP contribution in [0.3, 0.4) is 0 Å². The first-order valence-electron chi connectivity index (χ1n) is 5.02. The van der Waals surface area contributed by atoms with Crippen molar-refractivity contribution in [3.05, 3.63) is 50.6 Å². The average Bonchev–Trinajstić information content (AvgIpc) is 2.77. The van der Waals surface area contributed by atoms with Crippen LogP contribution in [0.2, 0.25) is 0 Å². The van der Waals surface area contributed by atoms with Gasteiger partial charge >= 0.3 is 5.97 Å². The molecule has 1 unspecified atom stereocenters. The minimum atomic E-state index is -1.16. The maximum atomic E-state index is 12.1. The molecule has 1 aromatic heterocycles. The predicted molar refractivity (Wildman–Crippen MR) is 75.5 cm³/mol. The van der Waals surface area contributed by atoms with Gasteiger partial charge in [0.2, 0.25) is 0 Å². The highest BCUT2D eigenvalue weighted by atomic mass is 79.9. The lowest BCUT2D eigenvalue weighted by atomic mass is 10.4. The third-order valence-corrected chi connectivity index (χ3v) is 5.31. The molecule has 0 saturated carbocycles. The van der Waals surface area contributed by atoms with Gasteiger partial charge in [0, 0.05) is 14.2 Å². The van der Waals surface area contributed by atoms with E-state index in [1.807, 2.05) is 18.2 Å². The van der Waals surface area contributed by atoms with E-state index in [4.69, 9.17) is 5.11 Å². The van der Waals surface area contributed by atoms with Gasteiger partial charge in [0.25, 0.3) is 0 Å². The summed E-state index contributed by atoms with van der Waals surface area (Å²) in [5.74, 6) is -0.603. The minimum Gasteiger partial charge on any atom is -0.477 e. The van der Waals surface area contributed by atoms with Gasteiger partial charge in [-0.15, -0.1) is 11.3 Å². The number of hydrogen-bond donors (Lipinski definition) is 1. The summed E-state index contributed by atoms with van der Waals surface area (Å²) in [5.41, 5.74) is 0. The average molecular weight is 345 g/mol. The summed E-state index contributed by atoms with van der Waals surface area (Å²) in [6.45, 7) is 0. The molecule has 18 heavy (non-hydrogen) atoms. The highest BCUT2D eigenvalue weighted by molar-refractivity contribution is 9.10. The van der Waals surface area contributed by atoms with Crippen molar-refractivity contribution in [1.29, 1.82) is 0 Å². The van der Waals surface area contributed by atoms with Crippen LogP contribution in [-0.4, -0.2) is 15.3 Å². The van der Waals surface area contributed by atoms with Crippen molar-refractivity contribution < 1.29 is 14.1 Å². The van der Waals surface area contributed by atoms with Gasteiger partial charge in [0.05, 0.1) is 16.6 Å². The molecule has 0 aliphatic heterocycles. The van der Waals surface area contributed by atoms with Gasteiger partial charge in [-0.05, 0) is 30.3 Å². The van der Waals surface area contributed by atoms with Gasteiger partial charge in [0.15, 0.2) is 0 Å². The van der Waals surface area contributed by atoms with Crippen LogP contribution >= 0.6 is 27.3 Å². The Morgan fingerprint density at radius 2 is 2.11 bits per heavy atom. The summed E-state index contributed by atoms with van der Waals surface area (Å²) in [5, 5.41) is 8.81. The van der Waals surface area contributed by atoms with E-state index in [1.54, 1.807) is 18.2 Å². The zero-order chi connectivity index (χ0) is 13.1. The summed E-state index contributed by atoms with van der Waals surface area (Å²) >= 11 is 4.49. The second kappa shape index (κ2) is 5.77. The smallest absolute Gasteiger partial charge is 0.345 e. The van der Waals surface area contributed by atoms with Crippen molar-refractivity contribution in [1.82, 2.24) is 0 Å². The lowest BCUT2D eigenvalue weighted by Gasteiger charge is -2.00. The summed E-state index contributed by atoms with van der Waals surface area (Å²) < 4.78 is 13.0. The number of carbonyl (C=O) groups is 1. The van der Waals surface area contributed by atoms with Crippen LogP contribution in [0.15, 0.2) is 45.8 Å². The SMILES string of the molecule is O=C(O)c1ccc(CS(=O)c2cccc(Br)c2)s1. The van der Waals surface area contributed by atoms with Gasteiger partial charge in [-0.1, -0.05) is 22.0 Å². The highest BCUT2D eigenvalue weighted by Gasteiger charge is 2.10. The Morgan fingerprint density at radius 1 is 1.33 bits per heavy atom. The number of aromatic carboxylic acids is 1. The molecular formula is C12H9BrO3S2. The molecule has 0 aliphatic rings. The number of carboxylic acids is 1. The van der Waals surface area contributed by atoms with E-state index in [1.165, 1.54) is 0 Å². The maximum absolute atomic E-state index is 12.1. The summed E-state index contributed by atoms with van der Waals surface area (Å²) in [6.07, 6.45) is 0. The molecule has 1 aromatic carbocycles. The molecular weight excluding hydrogens is 336 g/mol. The summed E-state index contributed by atoms with van der Waals surface area (Å²) in [6, 6.07) is 10.6. The van der Waals surface area contributed by atoms with Crippen LogP contribution in [0, 0.1) is 0 Å². The highest BCUT2D eigenvalue weighted by Crippen LogP contribution is 2.22. The number of hydrogen-bond acceptors (Lipinski definition) is 3. The van der Waals surface area contributed by atoms with E-state index in [0.29, 0.717) is 5.75 Å². The molecule has 0 bridgehead atoms. The third-order valence-electron chi connectivity index (χ3n) is 2.20. The second-order valence-corrected chi connectivity index (χ2v) is 7.05. The standard InChI is InChI=1S/C12H9BrO3S2/c13-8-2-1-3-10(6-8)18(16)7-9-4-5-11(17-9)12(14)15/h1-6H,7H2,(H,14,15).